The number of benzene rings is 2. The second kappa shape index (κ2) is 6.32. The van der Waals surface area contributed by atoms with E-state index in [0.717, 1.165) is 12.0 Å². The van der Waals surface area contributed by atoms with Gasteiger partial charge in [-0.25, -0.2) is 0 Å². The first kappa shape index (κ1) is 14.8. The summed E-state index contributed by atoms with van der Waals surface area (Å²) >= 11 is 0. The number of β-amino-alcohol motifs (C(OH)–C–C–N with tert-alkyl or cyclic N) is 1. The first-order valence-electron chi connectivity index (χ1n) is 7.74. The third-order valence-corrected chi connectivity index (χ3v) is 4.46. The molecule has 0 bridgehead atoms. The van der Waals surface area contributed by atoms with E-state index in [1.807, 2.05) is 12.1 Å². The number of amides is 1. The van der Waals surface area contributed by atoms with E-state index >= 15 is 0 Å². The molecule has 3 nitrogen and oxygen atoms in total. The number of hydrogen-bond donors (Lipinski definition) is 1. The molecule has 2 aromatic rings. The van der Waals surface area contributed by atoms with Crippen LogP contribution in [0.1, 0.15) is 24.3 Å². The Bertz CT molecular complexity index is 695. The molecule has 2 atom stereocenters. The van der Waals surface area contributed by atoms with Gasteiger partial charge in [0.05, 0.1) is 6.10 Å². The molecule has 1 saturated heterocycles. The zero-order valence-corrected chi connectivity index (χ0v) is 12.6. The van der Waals surface area contributed by atoms with Crippen molar-refractivity contribution in [2.45, 2.75) is 24.9 Å². The van der Waals surface area contributed by atoms with Gasteiger partial charge in [0.15, 0.2) is 0 Å². The Balaban J connectivity index is 1.77. The number of nitrogens with zero attached hydrogens (tertiary/aromatic N) is 1. The third-order valence-electron chi connectivity index (χ3n) is 4.46. The standard InChI is InChI=1S/C19H21NO2/c1-2-5-19(22)20-11-10-17(18(21)13-20)16-9-8-14-6-3-4-7-15(14)12-16/h2-4,6-9,12,17-18,21H,1,5,10-11,13H2/t17-,18+/m0/s1. The molecular formula is C19H21NO2. The molecule has 2 aromatic carbocycles. The maximum atomic E-state index is 11.9. The molecule has 114 valence electrons. The number of likely N-dealkylation sites (tertiary alicyclic amines) is 1. The van der Waals surface area contributed by atoms with Crippen LogP contribution < -0.4 is 0 Å². The van der Waals surface area contributed by atoms with Crippen molar-refractivity contribution < 1.29 is 9.90 Å². The Morgan fingerprint density at radius 1 is 1.27 bits per heavy atom. The normalized spacial score (nSPS) is 21.8. The second-order valence-electron chi connectivity index (χ2n) is 5.90. The van der Waals surface area contributed by atoms with Crippen molar-refractivity contribution in [3.05, 3.63) is 60.7 Å². The number of carbonyl (C=O) groups is 1. The minimum Gasteiger partial charge on any atom is -0.391 e. The first-order chi connectivity index (χ1) is 10.7. The number of rotatable bonds is 3. The molecule has 1 aliphatic rings. The summed E-state index contributed by atoms with van der Waals surface area (Å²) < 4.78 is 0. The molecule has 22 heavy (non-hydrogen) atoms. The van der Waals surface area contributed by atoms with E-state index in [1.165, 1.54) is 10.8 Å². The second-order valence-corrected chi connectivity index (χ2v) is 5.90. The maximum Gasteiger partial charge on any atom is 0.226 e. The van der Waals surface area contributed by atoms with Crippen LogP contribution in [-0.4, -0.2) is 35.1 Å². The van der Waals surface area contributed by atoms with E-state index in [0.29, 0.717) is 19.5 Å². The van der Waals surface area contributed by atoms with E-state index in [9.17, 15) is 9.90 Å². The molecular weight excluding hydrogens is 274 g/mol. The summed E-state index contributed by atoms with van der Waals surface area (Å²) in [6.07, 6.45) is 2.24. The van der Waals surface area contributed by atoms with Crippen molar-refractivity contribution in [3.63, 3.8) is 0 Å². The Kier molecular flexibility index (Phi) is 4.25. The lowest BCUT2D eigenvalue weighted by atomic mass is 9.86. The van der Waals surface area contributed by atoms with Gasteiger partial charge >= 0.3 is 0 Å². The molecule has 1 amide bonds. The van der Waals surface area contributed by atoms with Gasteiger partial charge in [-0.15, -0.1) is 6.58 Å². The lowest BCUT2D eigenvalue weighted by Crippen LogP contribution is -2.45. The summed E-state index contributed by atoms with van der Waals surface area (Å²) in [5.41, 5.74) is 1.15. The van der Waals surface area contributed by atoms with Crippen molar-refractivity contribution in [2.75, 3.05) is 13.1 Å². The average Bonchev–Trinajstić information content (AvgIpc) is 2.54. The topological polar surface area (TPSA) is 40.5 Å². The SMILES string of the molecule is C=CCC(=O)N1CC[C@@H](c2ccc3ccccc3c2)[C@H](O)C1. The molecule has 1 aliphatic heterocycles. The molecule has 0 spiro atoms. The van der Waals surface area contributed by atoms with Crippen molar-refractivity contribution in [1.29, 1.82) is 0 Å². The van der Waals surface area contributed by atoms with Crippen LogP contribution in [0.25, 0.3) is 10.8 Å². The first-order valence-corrected chi connectivity index (χ1v) is 7.74. The maximum absolute atomic E-state index is 11.9. The van der Waals surface area contributed by atoms with Crippen LogP contribution in [0.2, 0.25) is 0 Å². The molecule has 3 heteroatoms. The van der Waals surface area contributed by atoms with Crippen LogP contribution >= 0.6 is 0 Å². The lowest BCUT2D eigenvalue weighted by Gasteiger charge is -2.36. The predicted octanol–water partition coefficient (Wildman–Crippen LogP) is 3.09. The number of carbonyl (C=O) groups excluding carboxylic acids is 1. The number of aliphatic hydroxyl groups excluding tert-OH is 1. The van der Waals surface area contributed by atoms with Gasteiger partial charge in [0.2, 0.25) is 5.91 Å². The van der Waals surface area contributed by atoms with Crippen LogP contribution in [0.15, 0.2) is 55.1 Å². The Labute approximate surface area is 130 Å². The Hall–Kier alpha value is -2.13. The van der Waals surface area contributed by atoms with Gasteiger partial charge in [-0.3, -0.25) is 4.79 Å². The summed E-state index contributed by atoms with van der Waals surface area (Å²) in [5.74, 6) is 0.142. The molecule has 0 aliphatic carbocycles. The van der Waals surface area contributed by atoms with Gasteiger partial charge in [-0.2, -0.15) is 0 Å². The van der Waals surface area contributed by atoms with Crippen molar-refractivity contribution in [2.24, 2.45) is 0 Å². The predicted molar refractivity (Wildman–Crippen MR) is 88.7 cm³/mol. The van der Waals surface area contributed by atoms with E-state index in [2.05, 4.69) is 36.9 Å². The van der Waals surface area contributed by atoms with E-state index in [1.54, 1.807) is 11.0 Å². The summed E-state index contributed by atoms with van der Waals surface area (Å²) in [4.78, 5) is 13.6. The Morgan fingerprint density at radius 2 is 2.05 bits per heavy atom. The van der Waals surface area contributed by atoms with Gasteiger partial charge in [-0.1, -0.05) is 48.5 Å². The highest BCUT2D eigenvalue weighted by molar-refractivity contribution is 5.83. The van der Waals surface area contributed by atoms with E-state index < -0.39 is 6.10 Å². The van der Waals surface area contributed by atoms with Gasteiger partial charge in [0.1, 0.15) is 0 Å². The average molecular weight is 295 g/mol. The van der Waals surface area contributed by atoms with Gasteiger partial charge < -0.3 is 10.0 Å². The summed E-state index contributed by atoms with van der Waals surface area (Å²) in [6.45, 7) is 4.70. The molecule has 1 N–H and O–H groups in total. The monoisotopic (exact) mass is 295 g/mol. The minimum atomic E-state index is -0.510. The molecule has 0 aromatic heterocycles. The van der Waals surface area contributed by atoms with Gasteiger partial charge in [0.25, 0.3) is 0 Å². The molecule has 0 saturated carbocycles. The molecule has 3 rings (SSSR count). The zero-order valence-electron chi connectivity index (χ0n) is 12.6. The molecule has 1 fully saturated rings. The smallest absolute Gasteiger partial charge is 0.226 e. The fourth-order valence-corrected chi connectivity index (χ4v) is 3.24. The van der Waals surface area contributed by atoms with Gasteiger partial charge in [-0.05, 0) is 22.8 Å². The number of piperidine rings is 1. The van der Waals surface area contributed by atoms with Crippen molar-refractivity contribution >= 4 is 16.7 Å². The fraction of sp³-hybridized carbons (Fsp3) is 0.316. The van der Waals surface area contributed by atoms with Crippen molar-refractivity contribution in [3.8, 4) is 0 Å². The van der Waals surface area contributed by atoms with Crippen LogP contribution in [0.3, 0.4) is 0 Å². The highest BCUT2D eigenvalue weighted by Gasteiger charge is 2.30. The summed E-state index contributed by atoms with van der Waals surface area (Å²) in [5, 5.41) is 12.9. The third kappa shape index (κ3) is 2.90. The van der Waals surface area contributed by atoms with E-state index in [4.69, 9.17) is 0 Å². The Morgan fingerprint density at radius 3 is 2.77 bits per heavy atom. The number of hydrogen-bond acceptors (Lipinski definition) is 2. The van der Waals surface area contributed by atoms with Crippen LogP contribution in [0.4, 0.5) is 0 Å². The quantitative estimate of drug-likeness (QED) is 0.884. The minimum absolute atomic E-state index is 0.0472. The number of aliphatic hydroxyl groups is 1. The molecule has 0 unspecified atom stereocenters. The van der Waals surface area contributed by atoms with Crippen molar-refractivity contribution in [1.82, 2.24) is 4.90 Å². The largest absolute Gasteiger partial charge is 0.391 e. The van der Waals surface area contributed by atoms with Crippen LogP contribution in [0, 0.1) is 0 Å². The summed E-state index contributed by atoms with van der Waals surface area (Å²) in [7, 11) is 0. The lowest BCUT2D eigenvalue weighted by molar-refractivity contribution is -0.133. The summed E-state index contributed by atoms with van der Waals surface area (Å²) in [6, 6.07) is 14.6. The molecule has 0 radical (unpaired) electrons. The zero-order chi connectivity index (χ0) is 15.5. The fourth-order valence-electron chi connectivity index (χ4n) is 3.24. The van der Waals surface area contributed by atoms with Gasteiger partial charge in [0, 0.05) is 25.4 Å². The van der Waals surface area contributed by atoms with E-state index in [-0.39, 0.29) is 11.8 Å². The molecule has 1 heterocycles. The highest BCUT2D eigenvalue weighted by Crippen LogP contribution is 2.30. The van der Waals surface area contributed by atoms with Crippen LogP contribution in [-0.2, 0) is 4.79 Å². The highest BCUT2D eigenvalue weighted by atomic mass is 16.3. The number of fused-ring (bicyclic) bond motifs is 1. The van der Waals surface area contributed by atoms with Crippen LogP contribution in [0.5, 0.6) is 0 Å².